The van der Waals surface area contributed by atoms with Crippen molar-refractivity contribution >= 4 is 15.9 Å². The molecule has 0 aromatic heterocycles. The predicted octanol–water partition coefficient (Wildman–Crippen LogP) is 6.43. The van der Waals surface area contributed by atoms with E-state index in [9.17, 15) is 0 Å². The molecule has 0 bridgehead atoms. The summed E-state index contributed by atoms with van der Waals surface area (Å²) in [5.74, 6) is 2.48. The van der Waals surface area contributed by atoms with E-state index in [1.807, 2.05) is 0 Å². The van der Waals surface area contributed by atoms with Crippen LogP contribution >= 0.6 is 15.9 Å². The molecule has 4 aliphatic carbocycles. The highest BCUT2D eigenvalue weighted by Crippen LogP contribution is 2.48. The van der Waals surface area contributed by atoms with Crippen molar-refractivity contribution in [2.75, 3.05) is 0 Å². The lowest BCUT2D eigenvalue weighted by Crippen LogP contribution is -2.33. The molecule has 4 atom stereocenters. The van der Waals surface area contributed by atoms with Crippen LogP contribution in [0.5, 0.6) is 0 Å². The monoisotopic (exact) mass is 427 g/mol. The Morgan fingerprint density at radius 1 is 1.00 bits per heavy atom. The van der Waals surface area contributed by atoms with Crippen LogP contribution in [0.4, 0.5) is 0 Å². The zero-order valence-electron chi connectivity index (χ0n) is 16.1. The summed E-state index contributed by atoms with van der Waals surface area (Å²) in [7, 11) is 0. The van der Waals surface area contributed by atoms with E-state index in [1.165, 1.54) is 54.5 Å². The second kappa shape index (κ2) is 7.66. The fourth-order valence-corrected chi connectivity index (χ4v) is 5.95. The Morgan fingerprint density at radius 2 is 1.93 bits per heavy atom. The van der Waals surface area contributed by atoms with Gasteiger partial charge in [0, 0.05) is 30.0 Å². The first-order valence-corrected chi connectivity index (χ1v) is 11.6. The van der Waals surface area contributed by atoms with Gasteiger partial charge in [0.25, 0.3) is 0 Å². The van der Waals surface area contributed by atoms with Crippen LogP contribution in [-0.2, 0) is 4.74 Å². The smallest absolute Gasteiger partial charge is 0.115 e. The van der Waals surface area contributed by atoms with Crippen LogP contribution in [0.25, 0.3) is 0 Å². The van der Waals surface area contributed by atoms with Crippen molar-refractivity contribution in [3.8, 4) is 0 Å². The van der Waals surface area contributed by atoms with Crippen LogP contribution < -0.4 is 5.32 Å². The first-order valence-electron chi connectivity index (χ1n) is 10.8. The maximum absolute atomic E-state index is 6.53. The van der Waals surface area contributed by atoms with Crippen LogP contribution in [-0.4, -0.2) is 12.1 Å². The van der Waals surface area contributed by atoms with Crippen LogP contribution in [0.2, 0.25) is 0 Å². The van der Waals surface area contributed by atoms with E-state index in [4.69, 9.17) is 4.74 Å². The second-order valence-corrected chi connectivity index (χ2v) is 9.75. The second-order valence-electron chi connectivity index (χ2n) is 8.73. The largest absolute Gasteiger partial charge is 0.493 e. The molecule has 0 aromatic rings. The van der Waals surface area contributed by atoms with Crippen molar-refractivity contribution in [1.82, 2.24) is 5.32 Å². The molecule has 3 heteroatoms. The first kappa shape index (κ1) is 17.8. The molecular formula is C24H30BrNO. The molecule has 0 spiro atoms. The third kappa shape index (κ3) is 3.60. The summed E-state index contributed by atoms with van der Waals surface area (Å²) in [5.41, 5.74) is 4.64. The van der Waals surface area contributed by atoms with Gasteiger partial charge in [-0.2, -0.15) is 0 Å². The molecular weight excluding hydrogens is 398 g/mol. The molecule has 0 amide bonds. The summed E-state index contributed by atoms with van der Waals surface area (Å²) in [4.78, 5) is 0. The molecule has 1 aliphatic heterocycles. The average molecular weight is 428 g/mol. The van der Waals surface area contributed by atoms with Crippen molar-refractivity contribution in [1.29, 1.82) is 0 Å². The molecule has 0 saturated heterocycles. The Bertz CT molecular complexity index is 756. The number of halogens is 1. The number of hydrogen-bond donors (Lipinski definition) is 1. The van der Waals surface area contributed by atoms with E-state index in [-0.39, 0.29) is 0 Å². The standard InChI is InChI=1S/C24H30BrNO/c25-17-10-14-19(15-11-17)26-18-12-8-16(9-13-18)20-5-3-6-22-21-4-1-2-7-23(21)27-24(20)22/h3,5,8,10,12,19-20,22,24,26H,1-2,4,6-7,9,11,13-15H2. The van der Waals surface area contributed by atoms with Gasteiger partial charge in [-0.15, -0.1) is 0 Å². The lowest BCUT2D eigenvalue weighted by molar-refractivity contribution is 0.0773. The van der Waals surface area contributed by atoms with E-state index in [1.54, 1.807) is 11.1 Å². The normalized spacial score (nSPS) is 35.5. The van der Waals surface area contributed by atoms with Gasteiger partial charge < -0.3 is 10.1 Å². The van der Waals surface area contributed by atoms with Gasteiger partial charge in [-0.3, -0.25) is 0 Å². The number of ether oxygens (including phenoxy) is 1. The van der Waals surface area contributed by atoms with Gasteiger partial charge >= 0.3 is 0 Å². The zero-order valence-corrected chi connectivity index (χ0v) is 17.6. The third-order valence-corrected chi connectivity index (χ3v) is 7.74. The molecule has 144 valence electrons. The van der Waals surface area contributed by atoms with Crippen molar-refractivity contribution in [2.45, 2.75) is 76.4 Å². The van der Waals surface area contributed by atoms with Gasteiger partial charge in [0.05, 0.1) is 5.76 Å². The summed E-state index contributed by atoms with van der Waals surface area (Å²) in [6.45, 7) is 0. The van der Waals surface area contributed by atoms with Gasteiger partial charge in [0.2, 0.25) is 0 Å². The third-order valence-electron chi connectivity index (χ3n) is 7.02. The summed E-state index contributed by atoms with van der Waals surface area (Å²) < 4.78 is 7.90. The minimum Gasteiger partial charge on any atom is -0.493 e. The maximum Gasteiger partial charge on any atom is 0.115 e. The summed E-state index contributed by atoms with van der Waals surface area (Å²) in [6, 6.07) is 0.598. The molecule has 1 heterocycles. The fraction of sp³-hybridized carbons (Fsp3) is 0.583. The van der Waals surface area contributed by atoms with Gasteiger partial charge in [-0.25, -0.2) is 0 Å². The Morgan fingerprint density at radius 3 is 2.74 bits per heavy atom. The quantitative estimate of drug-likeness (QED) is 0.523. The molecule has 1 N–H and O–H groups in total. The van der Waals surface area contributed by atoms with Gasteiger partial charge in [-0.05, 0) is 73.9 Å². The Balaban J connectivity index is 1.27. The number of nitrogens with one attached hydrogen (secondary N) is 1. The lowest BCUT2D eigenvalue weighted by Gasteiger charge is -2.33. The van der Waals surface area contributed by atoms with Gasteiger partial charge in [0.1, 0.15) is 6.10 Å². The van der Waals surface area contributed by atoms with Crippen molar-refractivity contribution in [3.63, 3.8) is 0 Å². The molecule has 2 nitrogen and oxygen atoms in total. The van der Waals surface area contributed by atoms with E-state index < -0.39 is 0 Å². The van der Waals surface area contributed by atoms with E-state index in [0.717, 1.165) is 25.7 Å². The first-order chi connectivity index (χ1) is 13.3. The average Bonchev–Trinajstić information content (AvgIpc) is 3.09. The predicted molar refractivity (Wildman–Crippen MR) is 114 cm³/mol. The van der Waals surface area contributed by atoms with Gasteiger partial charge in [0.15, 0.2) is 0 Å². The Kier molecular flexibility index (Phi) is 5.06. The SMILES string of the molecule is BrC1=CCC(NC2=CC=C(C3C=CCC4C5=C(CCCC5)OC34)CC2)CC1. The lowest BCUT2D eigenvalue weighted by atomic mass is 9.74. The fourth-order valence-electron chi connectivity index (χ4n) is 5.54. The molecule has 0 saturated carbocycles. The molecule has 0 radical (unpaired) electrons. The Labute approximate surface area is 171 Å². The zero-order chi connectivity index (χ0) is 18.2. The summed E-state index contributed by atoms with van der Waals surface area (Å²) >= 11 is 3.63. The van der Waals surface area contributed by atoms with E-state index >= 15 is 0 Å². The van der Waals surface area contributed by atoms with Crippen LogP contribution in [0.15, 0.2) is 57.5 Å². The van der Waals surface area contributed by atoms with Crippen molar-refractivity contribution in [3.05, 3.63) is 57.5 Å². The van der Waals surface area contributed by atoms with Crippen LogP contribution in [0.3, 0.4) is 0 Å². The number of fused-ring (bicyclic) bond motifs is 2. The number of hydrogen-bond acceptors (Lipinski definition) is 2. The summed E-state index contributed by atoms with van der Waals surface area (Å²) in [5, 5.41) is 3.78. The molecule has 0 fully saturated rings. The highest BCUT2D eigenvalue weighted by Gasteiger charge is 2.43. The topological polar surface area (TPSA) is 21.3 Å². The molecule has 5 rings (SSSR count). The molecule has 27 heavy (non-hydrogen) atoms. The van der Waals surface area contributed by atoms with Gasteiger partial charge in [-0.1, -0.05) is 45.8 Å². The molecule has 5 aliphatic rings. The van der Waals surface area contributed by atoms with E-state index in [2.05, 4.69) is 51.6 Å². The van der Waals surface area contributed by atoms with Crippen LogP contribution in [0, 0.1) is 11.8 Å². The van der Waals surface area contributed by atoms with Crippen molar-refractivity contribution < 1.29 is 4.74 Å². The maximum atomic E-state index is 6.53. The van der Waals surface area contributed by atoms with E-state index in [0.29, 0.717) is 24.0 Å². The molecule has 0 aromatic carbocycles. The minimum atomic E-state index is 0.369. The van der Waals surface area contributed by atoms with Crippen LogP contribution in [0.1, 0.15) is 64.2 Å². The number of allylic oxidation sites excluding steroid dienone is 6. The molecule has 4 unspecified atom stereocenters. The Hall–Kier alpha value is -1.22. The highest BCUT2D eigenvalue weighted by atomic mass is 79.9. The summed E-state index contributed by atoms with van der Waals surface area (Å²) in [6.07, 6.45) is 24.4. The van der Waals surface area contributed by atoms with Crippen molar-refractivity contribution in [2.24, 2.45) is 11.8 Å². The highest BCUT2D eigenvalue weighted by molar-refractivity contribution is 9.11. The minimum absolute atomic E-state index is 0.369. The number of rotatable bonds is 3.